The molecular weight excluding hydrogens is 248 g/mol. The number of hydrogen-bond acceptors (Lipinski definition) is 2. The molecule has 0 saturated heterocycles. The molecule has 3 nitrogen and oxygen atoms in total. The van der Waals surface area contributed by atoms with Crippen molar-refractivity contribution in [3.05, 3.63) is 24.0 Å². The molecule has 0 N–H and O–H groups in total. The summed E-state index contributed by atoms with van der Waals surface area (Å²) in [5.41, 5.74) is 2.08. The number of hydrogen-bond donors (Lipinski definition) is 0. The normalized spacial score (nSPS) is 12.9. The molecule has 0 aliphatic heterocycles. The fourth-order valence-corrected chi connectivity index (χ4v) is 2.27. The van der Waals surface area contributed by atoms with Gasteiger partial charge < -0.3 is 9.30 Å². The molecule has 2 rings (SSSR count). The maximum Gasteiger partial charge on any atom is 0.127 e. The van der Waals surface area contributed by atoms with E-state index >= 15 is 0 Å². The third kappa shape index (κ3) is 2.46. The smallest absolute Gasteiger partial charge is 0.127 e. The van der Waals surface area contributed by atoms with Crippen molar-refractivity contribution in [1.29, 1.82) is 0 Å². The molecule has 1 atom stereocenters. The van der Waals surface area contributed by atoms with E-state index in [0.29, 0.717) is 0 Å². The van der Waals surface area contributed by atoms with Crippen molar-refractivity contribution < 1.29 is 4.74 Å². The first kappa shape index (κ1) is 13.2. The van der Waals surface area contributed by atoms with Gasteiger partial charge in [-0.25, -0.2) is 4.98 Å². The van der Waals surface area contributed by atoms with E-state index in [1.54, 1.807) is 7.11 Å². The van der Waals surface area contributed by atoms with Crippen LogP contribution >= 0.6 is 11.6 Å². The van der Waals surface area contributed by atoms with Gasteiger partial charge in [-0.2, -0.15) is 0 Å². The van der Waals surface area contributed by atoms with Crippen molar-refractivity contribution in [3.63, 3.8) is 0 Å². The van der Waals surface area contributed by atoms with Crippen LogP contribution in [-0.2, 0) is 6.54 Å². The van der Waals surface area contributed by atoms with Crippen molar-refractivity contribution in [1.82, 2.24) is 9.55 Å². The summed E-state index contributed by atoms with van der Waals surface area (Å²) in [6.45, 7) is 5.10. The van der Waals surface area contributed by atoms with E-state index in [1.807, 2.05) is 25.1 Å². The van der Waals surface area contributed by atoms with Gasteiger partial charge >= 0.3 is 0 Å². The van der Waals surface area contributed by atoms with Crippen molar-refractivity contribution in [2.45, 2.75) is 38.6 Å². The van der Waals surface area contributed by atoms with Crippen LogP contribution in [0.25, 0.3) is 11.0 Å². The van der Waals surface area contributed by atoms with Gasteiger partial charge in [-0.15, -0.1) is 11.6 Å². The Kier molecular flexibility index (Phi) is 4.12. The molecule has 98 valence electrons. The average Bonchev–Trinajstić information content (AvgIpc) is 2.74. The van der Waals surface area contributed by atoms with Gasteiger partial charge in [0.1, 0.15) is 11.6 Å². The minimum Gasteiger partial charge on any atom is -0.497 e. The lowest BCUT2D eigenvalue weighted by Gasteiger charge is -2.10. The van der Waals surface area contributed by atoms with E-state index in [9.17, 15) is 0 Å². The quantitative estimate of drug-likeness (QED) is 0.761. The Hall–Kier alpha value is -1.22. The lowest BCUT2D eigenvalue weighted by Crippen LogP contribution is -2.04. The Morgan fingerprint density at radius 1 is 1.44 bits per heavy atom. The molecule has 0 aliphatic carbocycles. The lowest BCUT2D eigenvalue weighted by atomic mass is 10.3. The Bertz CT molecular complexity index is 534. The molecule has 0 saturated carbocycles. The molecule has 18 heavy (non-hydrogen) atoms. The molecule has 0 fully saturated rings. The van der Waals surface area contributed by atoms with E-state index < -0.39 is 0 Å². The maximum absolute atomic E-state index is 6.22. The predicted octanol–water partition coefficient (Wildman–Crippen LogP) is 4.14. The SMILES string of the molecule is CCCCn1c(C(C)Cl)nc2ccc(OC)cc21. The fourth-order valence-electron chi connectivity index (χ4n) is 2.10. The standard InChI is InChI=1S/C14H19ClN2O/c1-4-5-8-17-13-9-11(18-3)6-7-12(13)16-14(17)10(2)15/h6-7,9-10H,4-5,8H2,1-3H3. The zero-order valence-electron chi connectivity index (χ0n) is 11.1. The molecule has 1 aromatic heterocycles. The number of benzene rings is 1. The third-order valence-electron chi connectivity index (χ3n) is 3.08. The van der Waals surface area contributed by atoms with Crippen molar-refractivity contribution in [2.24, 2.45) is 0 Å². The summed E-state index contributed by atoms with van der Waals surface area (Å²) in [7, 11) is 1.68. The second-order valence-electron chi connectivity index (χ2n) is 4.45. The molecule has 0 bridgehead atoms. The van der Waals surface area contributed by atoms with Crippen LogP contribution < -0.4 is 4.74 Å². The van der Waals surface area contributed by atoms with E-state index in [-0.39, 0.29) is 5.38 Å². The van der Waals surface area contributed by atoms with Crippen molar-refractivity contribution in [2.75, 3.05) is 7.11 Å². The molecule has 0 amide bonds. The summed E-state index contributed by atoms with van der Waals surface area (Å²) in [6.07, 6.45) is 2.28. The molecule has 0 spiro atoms. The Balaban J connectivity index is 2.54. The summed E-state index contributed by atoms with van der Waals surface area (Å²) in [5, 5.41) is -0.0831. The Labute approximate surface area is 113 Å². The topological polar surface area (TPSA) is 27.1 Å². The van der Waals surface area contributed by atoms with Crippen LogP contribution in [0.4, 0.5) is 0 Å². The average molecular weight is 267 g/mol. The maximum atomic E-state index is 6.22. The third-order valence-corrected chi connectivity index (χ3v) is 3.27. The number of fused-ring (bicyclic) bond motifs is 1. The highest BCUT2D eigenvalue weighted by Crippen LogP contribution is 2.27. The lowest BCUT2D eigenvalue weighted by molar-refractivity contribution is 0.415. The van der Waals surface area contributed by atoms with Gasteiger partial charge in [0.05, 0.1) is 23.5 Å². The highest BCUT2D eigenvalue weighted by atomic mass is 35.5. The largest absolute Gasteiger partial charge is 0.497 e. The van der Waals surface area contributed by atoms with Crippen LogP contribution in [-0.4, -0.2) is 16.7 Å². The van der Waals surface area contributed by atoms with Crippen LogP contribution in [0.3, 0.4) is 0 Å². The molecule has 1 unspecified atom stereocenters. The van der Waals surface area contributed by atoms with Crippen molar-refractivity contribution >= 4 is 22.6 Å². The minimum absolute atomic E-state index is 0.0831. The van der Waals surface area contributed by atoms with E-state index in [2.05, 4.69) is 16.5 Å². The number of aromatic nitrogens is 2. The molecule has 2 aromatic rings. The van der Waals surface area contributed by atoms with Gasteiger partial charge in [0, 0.05) is 12.6 Å². The van der Waals surface area contributed by atoms with Gasteiger partial charge in [-0.3, -0.25) is 0 Å². The number of ether oxygens (including phenoxy) is 1. The first-order chi connectivity index (χ1) is 8.67. The van der Waals surface area contributed by atoms with Gasteiger partial charge in [0.25, 0.3) is 0 Å². The summed E-state index contributed by atoms with van der Waals surface area (Å²) in [6, 6.07) is 5.95. The van der Waals surface area contributed by atoms with E-state index in [1.165, 1.54) is 0 Å². The second-order valence-corrected chi connectivity index (χ2v) is 5.10. The molecule has 4 heteroatoms. The van der Waals surface area contributed by atoms with Crippen LogP contribution in [0.15, 0.2) is 18.2 Å². The molecule has 1 aromatic carbocycles. The highest BCUT2D eigenvalue weighted by molar-refractivity contribution is 6.20. The molecule has 0 radical (unpaired) electrons. The summed E-state index contributed by atoms with van der Waals surface area (Å²) >= 11 is 6.22. The fraction of sp³-hybridized carbons (Fsp3) is 0.500. The number of aryl methyl sites for hydroxylation is 1. The number of unbranched alkanes of at least 4 members (excludes halogenated alkanes) is 1. The van der Waals surface area contributed by atoms with Crippen LogP contribution in [0.5, 0.6) is 5.75 Å². The van der Waals surface area contributed by atoms with Gasteiger partial charge in [0.2, 0.25) is 0 Å². The highest BCUT2D eigenvalue weighted by Gasteiger charge is 2.14. The van der Waals surface area contributed by atoms with Gasteiger partial charge in [-0.1, -0.05) is 13.3 Å². The number of imidazole rings is 1. The molecule has 1 heterocycles. The molecule has 0 aliphatic rings. The predicted molar refractivity (Wildman–Crippen MR) is 75.5 cm³/mol. The molecular formula is C14H19ClN2O. The van der Waals surface area contributed by atoms with Crippen LogP contribution in [0.1, 0.15) is 37.9 Å². The number of methoxy groups -OCH3 is 1. The summed E-state index contributed by atoms with van der Waals surface area (Å²) in [5.74, 6) is 1.79. The van der Waals surface area contributed by atoms with Gasteiger partial charge in [0.15, 0.2) is 0 Å². The van der Waals surface area contributed by atoms with E-state index in [4.69, 9.17) is 16.3 Å². The Morgan fingerprint density at radius 3 is 2.83 bits per heavy atom. The number of alkyl halides is 1. The zero-order valence-corrected chi connectivity index (χ0v) is 11.9. The zero-order chi connectivity index (χ0) is 13.1. The minimum atomic E-state index is -0.0831. The second kappa shape index (κ2) is 5.61. The summed E-state index contributed by atoms with van der Waals surface area (Å²) in [4.78, 5) is 4.62. The monoisotopic (exact) mass is 266 g/mol. The van der Waals surface area contributed by atoms with E-state index in [0.717, 1.165) is 42.0 Å². The number of nitrogens with zero attached hydrogens (tertiary/aromatic N) is 2. The van der Waals surface area contributed by atoms with Crippen LogP contribution in [0, 0.1) is 0 Å². The first-order valence-electron chi connectivity index (χ1n) is 6.35. The summed E-state index contributed by atoms with van der Waals surface area (Å²) < 4.78 is 7.48. The number of rotatable bonds is 5. The van der Waals surface area contributed by atoms with Crippen molar-refractivity contribution in [3.8, 4) is 5.75 Å². The van der Waals surface area contributed by atoms with Crippen LogP contribution in [0.2, 0.25) is 0 Å². The Morgan fingerprint density at radius 2 is 2.22 bits per heavy atom. The van der Waals surface area contributed by atoms with Gasteiger partial charge in [-0.05, 0) is 25.5 Å². The number of halogens is 1. The first-order valence-corrected chi connectivity index (χ1v) is 6.79.